The van der Waals surface area contributed by atoms with E-state index in [0.29, 0.717) is 19.4 Å². The average molecular weight is 943 g/mol. The van der Waals surface area contributed by atoms with E-state index in [1.54, 1.807) is 6.08 Å². The molecule has 0 aliphatic carbocycles. The number of aliphatic hydroxyl groups excluding tert-OH is 2. The van der Waals surface area contributed by atoms with Crippen molar-refractivity contribution in [1.82, 2.24) is 5.32 Å². The average Bonchev–Trinajstić information content (AvgIpc) is 3.33. The number of carbonyl (C=O) groups excluding carboxylic acids is 2. The highest BCUT2D eigenvalue weighted by molar-refractivity contribution is 5.76. The Bertz CT molecular complexity index is 1090. The van der Waals surface area contributed by atoms with Crippen molar-refractivity contribution in [2.75, 3.05) is 13.2 Å². The molecular formula is C61H115NO5. The summed E-state index contributed by atoms with van der Waals surface area (Å²) in [5.74, 6) is -0.0895. The first-order valence-electron chi connectivity index (χ1n) is 29.8. The zero-order chi connectivity index (χ0) is 48.6. The second-order valence-electron chi connectivity index (χ2n) is 20.3. The van der Waals surface area contributed by atoms with Gasteiger partial charge in [0.2, 0.25) is 5.91 Å². The van der Waals surface area contributed by atoms with Gasteiger partial charge in [0.25, 0.3) is 0 Å². The topological polar surface area (TPSA) is 95.9 Å². The number of allylic oxidation sites excluding steroid dienone is 5. The van der Waals surface area contributed by atoms with E-state index in [1.807, 2.05) is 6.08 Å². The molecule has 0 heterocycles. The summed E-state index contributed by atoms with van der Waals surface area (Å²) in [6.45, 7) is 4.86. The molecule has 394 valence electrons. The molecule has 0 spiro atoms. The molecule has 1 amide bonds. The Kier molecular flexibility index (Phi) is 55.0. The third-order valence-electron chi connectivity index (χ3n) is 13.6. The molecule has 0 radical (unpaired) electrons. The van der Waals surface area contributed by atoms with E-state index in [9.17, 15) is 19.8 Å². The van der Waals surface area contributed by atoms with E-state index in [-0.39, 0.29) is 18.5 Å². The van der Waals surface area contributed by atoms with Crippen LogP contribution in [0, 0.1) is 0 Å². The van der Waals surface area contributed by atoms with Gasteiger partial charge in [-0.05, 0) is 77.0 Å². The maximum Gasteiger partial charge on any atom is 0.305 e. The lowest BCUT2D eigenvalue weighted by Gasteiger charge is -2.20. The van der Waals surface area contributed by atoms with Gasteiger partial charge in [0, 0.05) is 12.8 Å². The Hall–Kier alpha value is -1.92. The molecule has 0 aliphatic rings. The lowest BCUT2D eigenvalue weighted by molar-refractivity contribution is -0.143. The second-order valence-corrected chi connectivity index (χ2v) is 20.3. The molecule has 0 aliphatic heterocycles. The van der Waals surface area contributed by atoms with Crippen molar-refractivity contribution in [3.05, 3.63) is 36.5 Å². The highest BCUT2D eigenvalue weighted by atomic mass is 16.5. The zero-order valence-corrected chi connectivity index (χ0v) is 44.9. The molecule has 0 saturated carbocycles. The largest absolute Gasteiger partial charge is 0.466 e. The maximum absolute atomic E-state index is 12.5. The van der Waals surface area contributed by atoms with Crippen LogP contribution in [0.2, 0.25) is 0 Å². The monoisotopic (exact) mass is 942 g/mol. The SMILES string of the molecule is CCCC/C=C\CCCCCCCC(=O)OCCCCCCCCCCC/C=C\CCCCCCCC(=O)NC(CO)C(O)/C=C/CCCCCCCCCCCCCCCCCCCCC. The number of amides is 1. The van der Waals surface area contributed by atoms with Crippen LogP contribution in [0.5, 0.6) is 0 Å². The van der Waals surface area contributed by atoms with Crippen molar-refractivity contribution in [3.63, 3.8) is 0 Å². The van der Waals surface area contributed by atoms with Gasteiger partial charge in [-0.1, -0.05) is 262 Å². The number of ether oxygens (including phenoxy) is 1. The number of nitrogens with one attached hydrogen (secondary N) is 1. The number of unbranched alkanes of at least 4 members (excludes halogenated alkanes) is 40. The van der Waals surface area contributed by atoms with E-state index >= 15 is 0 Å². The van der Waals surface area contributed by atoms with Gasteiger partial charge >= 0.3 is 5.97 Å². The Morgan fingerprint density at radius 2 is 0.716 bits per heavy atom. The molecular weight excluding hydrogens is 827 g/mol. The molecule has 0 saturated heterocycles. The maximum atomic E-state index is 12.5. The van der Waals surface area contributed by atoms with Gasteiger partial charge in [0.15, 0.2) is 0 Å². The highest BCUT2D eigenvalue weighted by Gasteiger charge is 2.18. The smallest absolute Gasteiger partial charge is 0.305 e. The number of esters is 1. The third-order valence-corrected chi connectivity index (χ3v) is 13.6. The van der Waals surface area contributed by atoms with Crippen molar-refractivity contribution >= 4 is 11.9 Å². The fraction of sp³-hybridized carbons (Fsp3) is 0.869. The second kappa shape index (κ2) is 56.7. The predicted octanol–water partition coefficient (Wildman–Crippen LogP) is 18.4. The molecule has 0 rings (SSSR count). The number of rotatable bonds is 55. The summed E-state index contributed by atoms with van der Waals surface area (Å²) in [5.41, 5.74) is 0. The Balaban J connectivity index is 3.50. The first kappa shape index (κ1) is 65.1. The van der Waals surface area contributed by atoms with Crippen LogP contribution in [0.4, 0.5) is 0 Å². The van der Waals surface area contributed by atoms with Crippen LogP contribution in [0.1, 0.15) is 316 Å². The molecule has 0 aromatic heterocycles. The van der Waals surface area contributed by atoms with Gasteiger partial charge in [0.1, 0.15) is 0 Å². The summed E-state index contributed by atoms with van der Waals surface area (Å²) in [6.07, 6.45) is 70.3. The Labute approximate surface area is 417 Å². The summed E-state index contributed by atoms with van der Waals surface area (Å²) >= 11 is 0. The van der Waals surface area contributed by atoms with Gasteiger partial charge in [-0.25, -0.2) is 0 Å². The molecule has 6 nitrogen and oxygen atoms in total. The molecule has 0 aromatic rings. The third kappa shape index (κ3) is 53.3. The predicted molar refractivity (Wildman–Crippen MR) is 292 cm³/mol. The molecule has 0 bridgehead atoms. The molecule has 67 heavy (non-hydrogen) atoms. The van der Waals surface area contributed by atoms with Crippen LogP contribution < -0.4 is 5.32 Å². The molecule has 0 fully saturated rings. The van der Waals surface area contributed by atoms with E-state index in [2.05, 4.69) is 43.5 Å². The van der Waals surface area contributed by atoms with Crippen molar-refractivity contribution in [1.29, 1.82) is 0 Å². The molecule has 0 aromatic carbocycles. The first-order chi connectivity index (χ1) is 33.0. The van der Waals surface area contributed by atoms with Gasteiger partial charge in [-0.15, -0.1) is 0 Å². The summed E-state index contributed by atoms with van der Waals surface area (Å²) in [7, 11) is 0. The number of hydrogen-bond acceptors (Lipinski definition) is 5. The van der Waals surface area contributed by atoms with Crippen molar-refractivity contribution < 1.29 is 24.5 Å². The van der Waals surface area contributed by atoms with Gasteiger partial charge < -0.3 is 20.3 Å². The molecule has 2 atom stereocenters. The zero-order valence-electron chi connectivity index (χ0n) is 44.9. The van der Waals surface area contributed by atoms with Crippen molar-refractivity contribution in [2.24, 2.45) is 0 Å². The van der Waals surface area contributed by atoms with Crippen LogP contribution >= 0.6 is 0 Å². The summed E-state index contributed by atoms with van der Waals surface area (Å²) in [4.78, 5) is 24.5. The lowest BCUT2D eigenvalue weighted by Crippen LogP contribution is -2.45. The highest BCUT2D eigenvalue weighted by Crippen LogP contribution is 2.17. The van der Waals surface area contributed by atoms with E-state index in [1.165, 1.54) is 225 Å². The van der Waals surface area contributed by atoms with E-state index < -0.39 is 12.1 Å². The van der Waals surface area contributed by atoms with Crippen LogP contribution in [0.25, 0.3) is 0 Å². The Morgan fingerprint density at radius 3 is 1.10 bits per heavy atom. The summed E-state index contributed by atoms with van der Waals surface area (Å²) in [5, 5.41) is 23.2. The normalized spacial score (nSPS) is 12.8. The first-order valence-corrected chi connectivity index (χ1v) is 29.8. The van der Waals surface area contributed by atoms with E-state index in [4.69, 9.17) is 4.74 Å². The van der Waals surface area contributed by atoms with Crippen LogP contribution in [-0.2, 0) is 14.3 Å². The fourth-order valence-electron chi connectivity index (χ4n) is 9.02. The van der Waals surface area contributed by atoms with Gasteiger partial charge in [0.05, 0.1) is 25.4 Å². The van der Waals surface area contributed by atoms with E-state index in [0.717, 1.165) is 64.2 Å². The Morgan fingerprint density at radius 1 is 0.403 bits per heavy atom. The van der Waals surface area contributed by atoms with Gasteiger partial charge in [-0.3, -0.25) is 9.59 Å². The molecule has 2 unspecified atom stereocenters. The van der Waals surface area contributed by atoms with Crippen molar-refractivity contribution in [2.45, 2.75) is 328 Å². The standard InChI is InChI=1S/C61H115NO5/c1-3-5-7-9-11-13-15-16-17-18-19-20-21-24-27-30-34-37-41-45-49-53-59(64)58(57-63)62-60(65)54-50-46-42-38-35-31-28-25-22-23-26-29-32-36-40-44-48-52-56-67-61(66)55-51-47-43-39-33-14-12-10-8-6-4-2/h10,12,25,28,49,53,58-59,63-64H,3-9,11,13-24,26-27,29-48,50-52,54-57H2,1-2H3,(H,62,65)/b12-10-,28-25-,53-49+. The van der Waals surface area contributed by atoms with Gasteiger partial charge in [-0.2, -0.15) is 0 Å². The number of carbonyl (C=O) groups is 2. The number of hydrogen-bond donors (Lipinski definition) is 3. The van der Waals surface area contributed by atoms with Crippen LogP contribution in [0.3, 0.4) is 0 Å². The minimum Gasteiger partial charge on any atom is -0.466 e. The van der Waals surface area contributed by atoms with Crippen LogP contribution in [0.15, 0.2) is 36.5 Å². The minimum atomic E-state index is -0.854. The fourth-order valence-corrected chi connectivity index (χ4v) is 9.02. The minimum absolute atomic E-state index is 0.00901. The van der Waals surface area contributed by atoms with Crippen LogP contribution in [-0.4, -0.2) is 47.4 Å². The summed E-state index contributed by atoms with van der Waals surface area (Å²) in [6, 6.07) is -0.639. The molecule has 3 N–H and O–H groups in total. The lowest BCUT2D eigenvalue weighted by atomic mass is 10.0. The quantitative estimate of drug-likeness (QED) is 0.0321. The summed E-state index contributed by atoms with van der Waals surface area (Å²) < 4.78 is 5.45. The van der Waals surface area contributed by atoms with Crippen molar-refractivity contribution in [3.8, 4) is 0 Å². The molecule has 6 heteroatoms. The number of aliphatic hydroxyl groups is 2.